The van der Waals surface area contributed by atoms with Crippen LogP contribution in [0.3, 0.4) is 0 Å². The van der Waals surface area contributed by atoms with Gasteiger partial charge in [0, 0.05) is 12.7 Å². The molecule has 2 aromatic heterocycles. The van der Waals surface area contributed by atoms with Gasteiger partial charge in [0.15, 0.2) is 12.3 Å². The van der Waals surface area contributed by atoms with Crippen molar-refractivity contribution in [2.24, 2.45) is 7.05 Å². The van der Waals surface area contributed by atoms with E-state index < -0.39 is 32.8 Å². The Hall–Kier alpha value is -3.35. The van der Waals surface area contributed by atoms with E-state index >= 15 is 0 Å². The van der Waals surface area contributed by atoms with Crippen molar-refractivity contribution < 1.29 is 35.9 Å². The molecule has 2 heterocycles. The molecule has 1 amide bonds. The van der Waals surface area contributed by atoms with E-state index in [2.05, 4.69) is 15.4 Å². The number of fused-ring (bicyclic) bond motifs is 1. The summed E-state index contributed by atoms with van der Waals surface area (Å²) in [4.78, 5) is 15.7. The van der Waals surface area contributed by atoms with Crippen molar-refractivity contribution in [3.63, 3.8) is 0 Å². The number of aromatic nitrogens is 3. The van der Waals surface area contributed by atoms with Gasteiger partial charge < -0.3 is 14.8 Å². The number of carbonyl (C=O) groups excluding carboxylic acids is 1. The molecule has 0 saturated heterocycles. The van der Waals surface area contributed by atoms with Crippen LogP contribution in [0.25, 0.3) is 11.0 Å². The molecule has 32 heavy (non-hydrogen) atoms. The van der Waals surface area contributed by atoms with Gasteiger partial charge in [0.1, 0.15) is 5.75 Å². The smallest absolute Gasteiger partial charge is 0.495 e. The van der Waals surface area contributed by atoms with Crippen molar-refractivity contribution in [3.05, 3.63) is 35.5 Å². The summed E-state index contributed by atoms with van der Waals surface area (Å²) in [6, 6.07) is 4.26. The van der Waals surface area contributed by atoms with Crippen molar-refractivity contribution >= 4 is 32.5 Å². The Morgan fingerprint density at radius 2 is 1.91 bits per heavy atom. The van der Waals surface area contributed by atoms with Gasteiger partial charge in [-0.15, -0.1) is 5.10 Å². The Balaban J connectivity index is 1.83. The third-order valence-corrected chi connectivity index (χ3v) is 5.97. The van der Waals surface area contributed by atoms with Crippen molar-refractivity contribution in [1.29, 1.82) is 0 Å². The molecule has 3 rings (SSSR count). The second-order valence-electron chi connectivity index (χ2n) is 6.86. The lowest BCUT2D eigenvalue weighted by Gasteiger charge is -2.13. The first-order valence-corrected chi connectivity index (χ1v) is 10.6. The van der Waals surface area contributed by atoms with Crippen molar-refractivity contribution in [3.8, 4) is 11.6 Å². The molecule has 9 nitrogen and oxygen atoms in total. The SMILES string of the molecule is COc1ccc(S(=O)(=O)C(F)(F)F)cc1NC(=O)COc1nn(C)c2nc(C)cc(C)c12. The summed E-state index contributed by atoms with van der Waals surface area (Å²) in [5.74, 6) is -0.636. The number of hydrogen-bond acceptors (Lipinski definition) is 7. The molecule has 3 aromatic rings. The molecule has 1 aromatic carbocycles. The molecule has 1 N–H and O–H groups in total. The summed E-state index contributed by atoms with van der Waals surface area (Å²) in [6.45, 7) is 3.12. The number of benzene rings is 1. The Kier molecular flexibility index (Phi) is 6.05. The van der Waals surface area contributed by atoms with Crippen molar-refractivity contribution in [2.75, 3.05) is 19.0 Å². The van der Waals surface area contributed by atoms with E-state index in [0.717, 1.165) is 23.4 Å². The number of pyridine rings is 1. The maximum absolute atomic E-state index is 12.9. The van der Waals surface area contributed by atoms with Gasteiger partial charge in [-0.1, -0.05) is 0 Å². The Morgan fingerprint density at radius 1 is 1.22 bits per heavy atom. The number of anilines is 1. The van der Waals surface area contributed by atoms with Gasteiger partial charge in [0.2, 0.25) is 5.88 Å². The van der Waals surface area contributed by atoms with Gasteiger partial charge in [-0.2, -0.15) is 13.2 Å². The second-order valence-corrected chi connectivity index (χ2v) is 8.80. The number of aryl methyl sites for hydroxylation is 3. The minimum absolute atomic E-state index is 0.0294. The number of halogens is 3. The van der Waals surface area contributed by atoms with E-state index in [1.54, 1.807) is 7.05 Å². The van der Waals surface area contributed by atoms with Crippen LogP contribution in [0, 0.1) is 13.8 Å². The summed E-state index contributed by atoms with van der Waals surface area (Å²) in [5.41, 5.74) is -3.57. The van der Waals surface area contributed by atoms with Gasteiger partial charge >= 0.3 is 5.51 Å². The maximum atomic E-state index is 12.9. The summed E-state index contributed by atoms with van der Waals surface area (Å²) < 4.78 is 73.9. The van der Waals surface area contributed by atoms with Gasteiger partial charge in [0.05, 0.1) is 23.1 Å². The number of carbonyl (C=O) groups is 1. The zero-order valence-corrected chi connectivity index (χ0v) is 18.3. The topological polar surface area (TPSA) is 112 Å². The van der Waals surface area contributed by atoms with E-state index in [0.29, 0.717) is 17.1 Å². The number of sulfone groups is 1. The number of ether oxygens (including phenoxy) is 2. The first kappa shape index (κ1) is 23.3. The first-order chi connectivity index (χ1) is 14.8. The average Bonchev–Trinajstić information content (AvgIpc) is 3.01. The number of amides is 1. The minimum atomic E-state index is -5.60. The first-order valence-electron chi connectivity index (χ1n) is 9.08. The molecule has 13 heteroatoms. The quantitative estimate of drug-likeness (QED) is 0.587. The fourth-order valence-electron chi connectivity index (χ4n) is 3.06. The predicted molar refractivity (Wildman–Crippen MR) is 108 cm³/mol. The second kappa shape index (κ2) is 8.30. The molecule has 0 radical (unpaired) electrons. The molecule has 0 aliphatic heterocycles. The molecule has 0 aliphatic carbocycles. The molecule has 0 unspecified atom stereocenters. The van der Waals surface area contributed by atoms with Crippen LogP contribution in [0.5, 0.6) is 11.6 Å². The van der Waals surface area contributed by atoms with E-state index in [9.17, 15) is 26.4 Å². The number of methoxy groups -OCH3 is 1. The maximum Gasteiger partial charge on any atom is 0.501 e. The Labute approximate surface area is 181 Å². The van der Waals surface area contributed by atoms with Crippen molar-refractivity contribution in [1.82, 2.24) is 14.8 Å². The average molecular weight is 472 g/mol. The van der Waals surface area contributed by atoms with E-state index in [1.807, 2.05) is 19.9 Å². The van der Waals surface area contributed by atoms with E-state index in [1.165, 1.54) is 11.8 Å². The monoisotopic (exact) mass is 472 g/mol. The molecular weight excluding hydrogens is 453 g/mol. The standard InChI is InChI=1S/C19H19F3N4O5S/c1-10-7-11(2)23-17-16(10)18(25-26(17)3)31-9-15(27)24-13-8-12(5-6-14(13)30-4)32(28,29)19(20,21)22/h5-8H,9H2,1-4H3,(H,24,27). The van der Waals surface area contributed by atoms with Gasteiger partial charge in [0.25, 0.3) is 15.7 Å². The molecule has 0 atom stereocenters. The van der Waals surface area contributed by atoms with E-state index in [4.69, 9.17) is 9.47 Å². The highest BCUT2D eigenvalue weighted by Crippen LogP contribution is 2.34. The molecule has 172 valence electrons. The zero-order valence-electron chi connectivity index (χ0n) is 17.4. The van der Waals surface area contributed by atoms with Crippen LogP contribution in [-0.4, -0.2) is 48.3 Å². The molecule has 0 spiro atoms. The largest absolute Gasteiger partial charge is 0.501 e. The van der Waals surface area contributed by atoms with Crippen LogP contribution in [0.1, 0.15) is 11.3 Å². The van der Waals surface area contributed by atoms with Gasteiger partial charge in [-0.3, -0.25) is 4.79 Å². The highest BCUT2D eigenvalue weighted by Gasteiger charge is 2.47. The van der Waals surface area contributed by atoms with Crippen LogP contribution >= 0.6 is 0 Å². The lowest BCUT2D eigenvalue weighted by molar-refractivity contribution is -0.118. The predicted octanol–water partition coefficient (Wildman–Crippen LogP) is 2.90. The molecule has 0 saturated carbocycles. The highest BCUT2D eigenvalue weighted by molar-refractivity contribution is 7.92. The van der Waals surface area contributed by atoms with Crippen LogP contribution < -0.4 is 14.8 Å². The van der Waals surface area contributed by atoms with Crippen LogP contribution in [-0.2, 0) is 21.7 Å². The zero-order chi connectivity index (χ0) is 23.8. The highest BCUT2D eigenvalue weighted by atomic mass is 32.2. The third-order valence-electron chi connectivity index (χ3n) is 4.49. The summed E-state index contributed by atoms with van der Waals surface area (Å²) in [5, 5.41) is 7.12. The normalized spacial score (nSPS) is 12.1. The number of nitrogens with one attached hydrogen (secondary N) is 1. The van der Waals surface area contributed by atoms with Crippen LogP contribution in [0.4, 0.5) is 18.9 Å². The van der Waals surface area contributed by atoms with Crippen LogP contribution in [0.15, 0.2) is 29.2 Å². The summed E-state index contributed by atoms with van der Waals surface area (Å²) in [7, 11) is -2.72. The molecule has 0 fully saturated rings. The number of hydrogen-bond donors (Lipinski definition) is 1. The van der Waals surface area contributed by atoms with Crippen LogP contribution in [0.2, 0.25) is 0 Å². The number of alkyl halides is 3. The minimum Gasteiger partial charge on any atom is -0.495 e. The fraction of sp³-hybridized carbons (Fsp3) is 0.316. The molecule has 0 aliphatic rings. The van der Waals surface area contributed by atoms with Crippen molar-refractivity contribution in [2.45, 2.75) is 24.3 Å². The van der Waals surface area contributed by atoms with Gasteiger partial charge in [-0.05, 0) is 43.7 Å². The Bertz CT molecular complexity index is 1300. The third kappa shape index (κ3) is 4.33. The number of nitrogens with zero attached hydrogens (tertiary/aromatic N) is 3. The van der Waals surface area contributed by atoms with Gasteiger partial charge in [-0.25, -0.2) is 18.1 Å². The number of rotatable bonds is 6. The van der Waals surface area contributed by atoms with E-state index in [-0.39, 0.29) is 17.3 Å². The fourth-order valence-corrected chi connectivity index (χ4v) is 3.84. The molecule has 0 bridgehead atoms. The summed E-state index contributed by atoms with van der Waals surface area (Å²) in [6.07, 6.45) is 0. The molecular formula is C19H19F3N4O5S. The Morgan fingerprint density at radius 3 is 2.53 bits per heavy atom. The summed E-state index contributed by atoms with van der Waals surface area (Å²) >= 11 is 0. The lowest BCUT2D eigenvalue weighted by Crippen LogP contribution is -2.24. The lowest BCUT2D eigenvalue weighted by atomic mass is 10.2.